The zero-order valence-corrected chi connectivity index (χ0v) is 10.9. The van der Waals surface area contributed by atoms with Crippen molar-refractivity contribution < 1.29 is 14.3 Å². The Bertz CT molecular complexity index is 159. The van der Waals surface area contributed by atoms with Gasteiger partial charge in [0.2, 0.25) is 5.91 Å². The number of hydrogen-bond donors (Lipinski definition) is 2. The molecular weight excluding hydrogens is 232 g/mol. The van der Waals surface area contributed by atoms with Gasteiger partial charge in [-0.2, -0.15) is 0 Å². The molecule has 98 valence electrons. The average molecular weight is 255 g/mol. The van der Waals surface area contributed by atoms with Crippen LogP contribution in [-0.2, 0) is 14.3 Å². The number of carbonyl (C=O) groups excluding carboxylic acids is 1. The quantitative estimate of drug-likeness (QED) is 0.547. The Morgan fingerprint density at radius 1 is 1.19 bits per heavy atom. The van der Waals surface area contributed by atoms with E-state index < -0.39 is 0 Å². The molecule has 0 saturated heterocycles. The smallest absolute Gasteiger partial charge is 0.222 e. The Hall–Kier alpha value is -0.360. The highest BCUT2D eigenvalue weighted by Crippen LogP contribution is 1.81. The normalized spacial score (nSPS) is 9.62. The lowest BCUT2D eigenvalue weighted by molar-refractivity contribution is -0.122. The molecule has 0 heterocycles. The van der Waals surface area contributed by atoms with Crippen molar-refractivity contribution in [1.82, 2.24) is 10.6 Å². The van der Waals surface area contributed by atoms with Gasteiger partial charge in [0, 0.05) is 39.8 Å². The first-order valence-electron chi connectivity index (χ1n) is 5.35. The van der Waals surface area contributed by atoms with Crippen molar-refractivity contribution in [1.29, 1.82) is 0 Å². The van der Waals surface area contributed by atoms with Gasteiger partial charge in [0.05, 0.1) is 13.2 Å². The van der Waals surface area contributed by atoms with Gasteiger partial charge in [0.15, 0.2) is 0 Å². The van der Waals surface area contributed by atoms with E-state index in [1.54, 1.807) is 7.11 Å². The number of amides is 1. The van der Waals surface area contributed by atoms with Gasteiger partial charge in [-0.05, 0) is 6.92 Å². The third-order valence-corrected chi connectivity index (χ3v) is 1.78. The van der Waals surface area contributed by atoms with Crippen molar-refractivity contribution in [2.45, 2.75) is 13.3 Å². The van der Waals surface area contributed by atoms with Crippen LogP contribution >= 0.6 is 12.4 Å². The summed E-state index contributed by atoms with van der Waals surface area (Å²) in [5.74, 6) is 0.0389. The molecule has 6 heteroatoms. The molecule has 0 bridgehead atoms. The summed E-state index contributed by atoms with van der Waals surface area (Å²) in [6.45, 7) is 5.99. The van der Waals surface area contributed by atoms with E-state index in [-0.39, 0.29) is 18.3 Å². The van der Waals surface area contributed by atoms with Crippen LogP contribution < -0.4 is 10.6 Å². The zero-order chi connectivity index (χ0) is 11.4. The highest BCUT2D eigenvalue weighted by molar-refractivity contribution is 5.85. The highest BCUT2D eigenvalue weighted by Gasteiger charge is 1.98. The van der Waals surface area contributed by atoms with Gasteiger partial charge in [-0.3, -0.25) is 4.79 Å². The average Bonchev–Trinajstić information content (AvgIpc) is 2.23. The lowest BCUT2D eigenvalue weighted by atomic mass is 10.4. The monoisotopic (exact) mass is 254 g/mol. The standard InChI is InChI=1S/C10H22N2O3.ClH/c1-3-15-8-4-10(13)12-6-5-11-7-9-14-2;/h11H,3-9H2,1-2H3,(H,12,13);1H. The fourth-order valence-corrected chi connectivity index (χ4v) is 0.987. The van der Waals surface area contributed by atoms with Crippen LogP contribution in [0.5, 0.6) is 0 Å². The third kappa shape index (κ3) is 13.6. The minimum absolute atomic E-state index is 0. The van der Waals surface area contributed by atoms with Crippen LogP contribution in [0.1, 0.15) is 13.3 Å². The van der Waals surface area contributed by atoms with E-state index in [0.29, 0.717) is 32.8 Å². The molecule has 0 aliphatic rings. The summed E-state index contributed by atoms with van der Waals surface area (Å²) < 4.78 is 9.94. The van der Waals surface area contributed by atoms with Gasteiger partial charge in [-0.15, -0.1) is 12.4 Å². The molecule has 0 aliphatic carbocycles. The second kappa shape index (κ2) is 14.6. The fraction of sp³-hybridized carbons (Fsp3) is 0.900. The molecule has 0 aromatic carbocycles. The molecule has 2 N–H and O–H groups in total. The highest BCUT2D eigenvalue weighted by atomic mass is 35.5. The van der Waals surface area contributed by atoms with E-state index in [2.05, 4.69) is 10.6 Å². The second-order valence-corrected chi connectivity index (χ2v) is 3.04. The van der Waals surface area contributed by atoms with E-state index in [1.165, 1.54) is 0 Å². The molecule has 0 saturated carbocycles. The number of hydrogen-bond acceptors (Lipinski definition) is 4. The minimum atomic E-state index is 0. The van der Waals surface area contributed by atoms with Crippen molar-refractivity contribution in [3.8, 4) is 0 Å². The Morgan fingerprint density at radius 3 is 2.56 bits per heavy atom. The minimum Gasteiger partial charge on any atom is -0.383 e. The summed E-state index contributed by atoms with van der Waals surface area (Å²) in [4.78, 5) is 11.2. The first-order chi connectivity index (χ1) is 7.31. The largest absolute Gasteiger partial charge is 0.383 e. The Morgan fingerprint density at radius 2 is 1.94 bits per heavy atom. The third-order valence-electron chi connectivity index (χ3n) is 1.78. The molecule has 0 fully saturated rings. The summed E-state index contributed by atoms with van der Waals surface area (Å²) in [5.41, 5.74) is 0. The van der Waals surface area contributed by atoms with E-state index >= 15 is 0 Å². The molecule has 0 aromatic rings. The molecule has 0 spiro atoms. The van der Waals surface area contributed by atoms with Crippen LogP contribution in [0.25, 0.3) is 0 Å². The van der Waals surface area contributed by atoms with E-state index in [0.717, 1.165) is 13.1 Å². The lowest BCUT2D eigenvalue weighted by Crippen LogP contribution is -2.33. The van der Waals surface area contributed by atoms with Gasteiger partial charge in [-0.25, -0.2) is 0 Å². The van der Waals surface area contributed by atoms with E-state index in [4.69, 9.17) is 9.47 Å². The predicted octanol–water partition coefficient (Wildman–Crippen LogP) is 0.187. The van der Waals surface area contributed by atoms with Gasteiger partial charge in [0.25, 0.3) is 0 Å². The summed E-state index contributed by atoms with van der Waals surface area (Å²) in [6, 6.07) is 0. The topological polar surface area (TPSA) is 59.6 Å². The Labute approximate surface area is 104 Å². The molecule has 0 radical (unpaired) electrons. The second-order valence-electron chi connectivity index (χ2n) is 3.04. The van der Waals surface area contributed by atoms with Gasteiger partial charge >= 0.3 is 0 Å². The van der Waals surface area contributed by atoms with E-state index in [9.17, 15) is 4.79 Å². The molecule has 1 amide bonds. The summed E-state index contributed by atoms with van der Waals surface area (Å²) in [6.07, 6.45) is 0.436. The maximum atomic E-state index is 11.2. The number of halogens is 1. The molecular formula is C10H23ClN2O3. The van der Waals surface area contributed by atoms with E-state index in [1.807, 2.05) is 6.92 Å². The lowest BCUT2D eigenvalue weighted by Gasteiger charge is -2.06. The number of rotatable bonds is 10. The van der Waals surface area contributed by atoms with Crippen LogP contribution in [0.15, 0.2) is 0 Å². The van der Waals surface area contributed by atoms with Crippen molar-refractivity contribution in [3.05, 3.63) is 0 Å². The summed E-state index contributed by atoms with van der Waals surface area (Å²) in [7, 11) is 1.66. The molecule has 0 rings (SSSR count). The fourth-order valence-electron chi connectivity index (χ4n) is 0.987. The van der Waals surface area contributed by atoms with Gasteiger partial charge < -0.3 is 20.1 Å². The van der Waals surface area contributed by atoms with Crippen LogP contribution in [0.3, 0.4) is 0 Å². The first-order valence-corrected chi connectivity index (χ1v) is 5.35. The predicted molar refractivity (Wildman–Crippen MR) is 66.1 cm³/mol. The van der Waals surface area contributed by atoms with Crippen molar-refractivity contribution in [3.63, 3.8) is 0 Å². The van der Waals surface area contributed by atoms with Crippen LogP contribution in [0.2, 0.25) is 0 Å². The SMILES string of the molecule is CCOCCC(=O)NCCNCCOC.Cl. The van der Waals surface area contributed by atoms with Gasteiger partial charge in [-0.1, -0.05) is 0 Å². The summed E-state index contributed by atoms with van der Waals surface area (Å²) >= 11 is 0. The number of methoxy groups -OCH3 is 1. The number of nitrogens with one attached hydrogen (secondary N) is 2. The molecule has 0 aliphatic heterocycles. The molecule has 5 nitrogen and oxygen atoms in total. The molecule has 0 aromatic heterocycles. The number of ether oxygens (including phenoxy) is 2. The zero-order valence-electron chi connectivity index (χ0n) is 10.1. The Kier molecular flexibility index (Phi) is 16.5. The molecule has 0 atom stereocenters. The van der Waals surface area contributed by atoms with Crippen LogP contribution in [0.4, 0.5) is 0 Å². The Balaban J connectivity index is 0. The maximum Gasteiger partial charge on any atom is 0.222 e. The van der Waals surface area contributed by atoms with Crippen molar-refractivity contribution >= 4 is 18.3 Å². The van der Waals surface area contributed by atoms with Crippen LogP contribution in [-0.4, -0.2) is 52.5 Å². The van der Waals surface area contributed by atoms with Gasteiger partial charge in [0.1, 0.15) is 0 Å². The first kappa shape index (κ1) is 18.0. The summed E-state index contributed by atoms with van der Waals surface area (Å²) in [5, 5.41) is 5.93. The van der Waals surface area contributed by atoms with Crippen molar-refractivity contribution in [2.75, 3.05) is 46.6 Å². The molecule has 16 heavy (non-hydrogen) atoms. The van der Waals surface area contributed by atoms with Crippen molar-refractivity contribution in [2.24, 2.45) is 0 Å². The number of carbonyl (C=O) groups is 1. The van der Waals surface area contributed by atoms with Crippen LogP contribution in [0, 0.1) is 0 Å². The molecule has 0 unspecified atom stereocenters. The maximum absolute atomic E-state index is 11.2.